The molecule has 10 aromatic rings. The van der Waals surface area contributed by atoms with Gasteiger partial charge in [0.1, 0.15) is 17.1 Å². The van der Waals surface area contributed by atoms with Crippen molar-refractivity contribution < 1.29 is 28.6 Å². The summed E-state index contributed by atoms with van der Waals surface area (Å²) in [6.45, 7) is 5.77. The van der Waals surface area contributed by atoms with E-state index >= 15 is 0 Å². The van der Waals surface area contributed by atoms with Gasteiger partial charge in [0.05, 0.1) is 33.8 Å². The quantitative estimate of drug-likeness (QED) is 0.0675. The number of carbonyl (C=O) groups is 3. The fourth-order valence-corrected chi connectivity index (χ4v) is 8.06. The van der Waals surface area contributed by atoms with Crippen LogP contribution in [0.3, 0.4) is 0 Å². The van der Waals surface area contributed by atoms with Gasteiger partial charge in [-0.25, -0.2) is 14.4 Å². The Bertz CT molecular complexity index is 3460. The van der Waals surface area contributed by atoms with Crippen LogP contribution in [-0.2, 0) is 0 Å². The fourth-order valence-electron chi connectivity index (χ4n) is 8.06. The highest BCUT2D eigenvalue weighted by Crippen LogP contribution is 2.41. The first kappa shape index (κ1) is 45.9. The van der Waals surface area contributed by atoms with E-state index < -0.39 is 17.9 Å². The zero-order chi connectivity index (χ0) is 49.6. The van der Waals surface area contributed by atoms with E-state index in [1.165, 1.54) is 18.2 Å². The lowest BCUT2D eigenvalue weighted by atomic mass is 10.0. The molecule has 0 N–H and O–H groups in total. The number of aryl methyl sites for hydroxylation is 3. The van der Waals surface area contributed by atoms with Crippen molar-refractivity contribution in [2.45, 2.75) is 20.8 Å². The molecule has 0 aliphatic heterocycles. The van der Waals surface area contributed by atoms with Crippen LogP contribution in [0.15, 0.2) is 231 Å². The zero-order valence-corrected chi connectivity index (χ0v) is 39.2. The molecule has 0 atom stereocenters. The molecule has 0 radical (unpaired) electrons. The first-order valence-electron chi connectivity index (χ1n) is 23.0. The lowest BCUT2D eigenvalue weighted by Gasteiger charge is -2.13. The number of hydrogen-bond acceptors (Lipinski definition) is 12. The van der Waals surface area contributed by atoms with Gasteiger partial charge in [0.2, 0.25) is 0 Å². The van der Waals surface area contributed by atoms with Gasteiger partial charge >= 0.3 is 17.9 Å². The molecule has 348 valence electrons. The molecule has 12 nitrogen and oxygen atoms in total. The summed E-state index contributed by atoms with van der Waals surface area (Å²) < 4.78 is 18.3. The van der Waals surface area contributed by atoms with Crippen LogP contribution in [0, 0.1) is 20.8 Å². The fraction of sp³-hybridized carbons (Fsp3) is 0.0500. The number of esters is 3. The smallest absolute Gasteiger partial charge is 0.343 e. The molecule has 0 saturated heterocycles. The molecule has 0 aromatic heterocycles. The summed E-state index contributed by atoms with van der Waals surface area (Å²) in [6, 6.07) is 59.3. The Labute approximate surface area is 413 Å². The molecule has 10 aromatic carbocycles. The van der Waals surface area contributed by atoms with E-state index in [1.54, 1.807) is 36.4 Å². The van der Waals surface area contributed by atoms with Gasteiger partial charge in [-0.3, -0.25) is 0 Å². The highest BCUT2D eigenvalue weighted by atomic mass is 16.5. The van der Waals surface area contributed by atoms with Crippen molar-refractivity contribution >= 4 is 84.3 Å². The second-order valence-electron chi connectivity index (χ2n) is 16.8. The Hall–Kier alpha value is -9.81. The number of nitrogens with zero attached hydrogens (tertiary/aromatic N) is 6. The number of benzene rings is 10. The van der Waals surface area contributed by atoms with Gasteiger partial charge in [-0.2, -0.15) is 15.3 Å². The second-order valence-corrected chi connectivity index (χ2v) is 16.8. The van der Waals surface area contributed by atoms with Crippen LogP contribution >= 0.6 is 0 Å². The maximum atomic E-state index is 14.5. The minimum atomic E-state index is -0.904. The van der Waals surface area contributed by atoms with Crippen LogP contribution in [0.25, 0.3) is 32.3 Å². The molecule has 0 heterocycles. The van der Waals surface area contributed by atoms with Crippen LogP contribution in [0.5, 0.6) is 17.2 Å². The van der Waals surface area contributed by atoms with Gasteiger partial charge in [-0.05, 0) is 108 Å². The standard InChI is InChI=1S/C60H42N6O6/c1-37-16-4-13-25-49(37)61-64-55-46-22-10-7-19-40(46)28-31-52(55)70-58(67)43-34-44(59(68)71-53-32-29-41-20-8-11-23-47(41)56(53)65-62-50-26-14-5-17-38(50)2)36-45(35-43)60(69)72-54-33-30-42-21-9-12-24-48(42)57(54)66-63-51-27-15-6-18-39(51)3/h4-36H,1-3H3. The van der Waals surface area contributed by atoms with Gasteiger partial charge < -0.3 is 14.2 Å². The van der Waals surface area contributed by atoms with Crippen molar-refractivity contribution in [2.75, 3.05) is 0 Å². The maximum absolute atomic E-state index is 14.5. The summed E-state index contributed by atoms with van der Waals surface area (Å²) in [6.07, 6.45) is 0. The van der Waals surface area contributed by atoms with E-state index in [0.717, 1.165) is 32.8 Å². The van der Waals surface area contributed by atoms with Crippen molar-refractivity contribution in [1.29, 1.82) is 0 Å². The summed E-state index contributed by atoms with van der Waals surface area (Å²) in [4.78, 5) is 43.6. The van der Waals surface area contributed by atoms with E-state index in [0.29, 0.717) is 50.3 Å². The number of azo groups is 3. The molecule has 72 heavy (non-hydrogen) atoms. The number of carbonyl (C=O) groups excluding carboxylic acids is 3. The van der Waals surface area contributed by atoms with Gasteiger partial charge in [0.15, 0.2) is 17.2 Å². The van der Waals surface area contributed by atoms with Gasteiger partial charge in [0, 0.05) is 16.2 Å². The van der Waals surface area contributed by atoms with Crippen molar-refractivity contribution in [3.63, 3.8) is 0 Å². The monoisotopic (exact) mass is 942 g/mol. The normalized spacial score (nSPS) is 11.5. The third-order valence-corrected chi connectivity index (χ3v) is 12.0. The number of hydrogen-bond donors (Lipinski definition) is 0. The summed E-state index contributed by atoms with van der Waals surface area (Å²) in [5.41, 5.74) is 5.01. The Morgan fingerprint density at radius 1 is 0.306 bits per heavy atom. The molecule has 0 amide bonds. The predicted molar refractivity (Wildman–Crippen MR) is 279 cm³/mol. The number of ether oxygens (including phenoxy) is 3. The maximum Gasteiger partial charge on any atom is 0.343 e. The number of fused-ring (bicyclic) bond motifs is 3. The lowest BCUT2D eigenvalue weighted by Crippen LogP contribution is -2.17. The highest BCUT2D eigenvalue weighted by Gasteiger charge is 2.24. The lowest BCUT2D eigenvalue weighted by molar-refractivity contribution is 0.0735. The zero-order valence-electron chi connectivity index (χ0n) is 39.2. The summed E-state index contributed by atoms with van der Waals surface area (Å²) in [7, 11) is 0. The molecule has 10 rings (SSSR count). The third kappa shape index (κ3) is 9.87. The van der Waals surface area contributed by atoms with Crippen molar-refractivity contribution in [2.24, 2.45) is 30.7 Å². The molecule has 0 saturated carbocycles. The molecular weight excluding hydrogens is 901 g/mol. The van der Waals surface area contributed by atoms with Crippen LogP contribution in [-0.4, -0.2) is 17.9 Å². The molecule has 0 aliphatic rings. The molecule has 0 aliphatic carbocycles. The summed E-state index contributed by atoms with van der Waals surface area (Å²) >= 11 is 0. The van der Waals surface area contributed by atoms with E-state index in [-0.39, 0.29) is 33.9 Å². The first-order valence-corrected chi connectivity index (χ1v) is 23.0. The Morgan fingerprint density at radius 3 is 0.861 bits per heavy atom. The predicted octanol–water partition coefficient (Wildman–Crippen LogP) is 17.0. The number of rotatable bonds is 12. The average Bonchev–Trinajstić information content (AvgIpc) is 3.40. The summed E-state index contributed by atoms with van der Waals surface area (Å²) in [5.74, 6) is -2.44. The topological polar surface area (TPSA) is 153 Å². The van der Waals surface area contributed by atoms with Crippen molar-refractivity contribution in [3.8, 4) is 17.2 Å². The molecular formula is C60H42N6O6. The van der Waals surface area contributed by atoms with Gasteiger partial charge in [-0.1, -0.05) is 146 Å². The van der Waals surface area contributed by atoms with E-state index in [4.69, 9.17) is 14.2 Å². The highest BCUT2D eigenvalue weighted by molar-refractivity contribution is 6.05. The van der Waals surface area contributed by atoms with Crippen LogP contribution in [0.1, 0.15) is 47.8 Å². The summed E-state index contributed by atoms with van der Waals surface area (Å²) in [5, 5.41) is 31.9. The van der Waals surface area contributed by atoms with Crippen molar-refractivity contribution in [1.82, 2.24) is 0 Å². The Balaban J connectivity index is 1.05. The first-order chi connectivity index (χ1) is 35.2. The molecule has 0 fully saturated rings. The van der Waals surface area contributed by atoms with Crippen LogP contribution in [0.4, 0.5) is 34.1 Å². The Kier molecular flexibility index (Phi) is 13.0. The largest absolute Gasteiger partial charge is 0.421 e. The van der Waals surface area contributed by atoms with Crippen LogP contribution in [0.2, 0.25) is 0 Å². The minimum absolute atomic E-state index is 0.0905. The van der Waals surface area contributed by atoms with E-state index in [1.807, 2.05) is 166 Å². The Morgan fingerprint density at radius 2 is 0.569 bits per heavy atom. The van der Waals surface area contributed by atoms with E-state index in [9.17, 15) is 14.4 Å². The second kappa shape index (κ2) is 20.4. The SMILES string of the molecule is Cc1ccccc1N=Nc1c(OC(=O)c2cc(C(=O)Oc3ccc4ccccc4c3N=Nc3ccccc3C)cc(C(=O)Oc3ccc4ccccc4c3N=Nc3ccccc3C)c2)ccc2ccccc12. The molecule has 0 unspecified atom stereocenters. The van der Waals surface area contributed by atoms with Gasteiger partial charge in [0.25, 0.3) is 0 Å². The molecule has 0 bridgehead atoms. The third-order valence-electron chi connectivity index (χ3n) is 12.0. The van der Waals surface area contributed by atoms with Crippen LogP contribution < -0.4 is 14.2 Å². The molecule has 12 heteroatoms. The molecule has 0 spiro atoms. The van der Waals surface area contributed by atoms with Gasteiger partial charge in [-0.15, -0.1) is 15.3 Å². The average molecular weight is 943 g/mol. The van der Waals surface area contributed by atoms with Crippen molar-refractivity contribution in [3.05, 3.63) is 234 Å². The minimum Gasteiger partial charge on any atom is -0.421 e. The van der Waals surface area contributed by atoms with E-state index in [2.05, 4.69) is 30.7 Å².